The first-order valence-corrected chi connectivity index (χ1v) is 27.4. The summed E-state index contributed by atoms with van der Waals surface area (Å²) < 4.78 is 5.20. The zero-order chi connectivity index (χ0) is 49.8. The number of anilines is 6. The van der Waals surface area contributed by atoms with E-state index in [0.29, 0.717) is 11.8 Å². The van der Waals surface area contributed by atoms with Gasteiger partial charge in [0.05, 0.1) is 32.1 Å². The van der Waals surface area contributed by atoms with Crippen LogP contribution in [0.1, 0.15) is 103 Å². The Morgan fingerprint density at radius 1 is 0.319 bits per heavy atom. The minimum atomic E-state index is -0.133. The molecule has 4 heteroatoms. The van der Waals surface area contributed by atoms with Crippen molar-refractivity contribution in [2.75, 3.05) is 9.80 Å². The highest BCUT2D eigenvalue weighted by Crippen LogP contribution is 2.52. The molecule has 0 N–H and O–H groups in total. The van der Waals surface area contributed by atoms with Crippen molar-refractivity contribution in [2.24, 2.45) is 0 Å². The average Bonchev–Trinajstić information content (AvgIpc) is 3.95. The molecule has 0 atom stereocenters. The quantitative estimate of drug-likeness (QED) is 0.140. The molecule has 0 radical (unpaired) electrons. The minimum Gasteiger partial charge on any atom is -0.308 e. The topological polar surface area (TPSA) is 6.48 Å². The molecule has 12 rings (SSSR count). The van der Waals surface area contributed by atoms with Gasteiger partial charge in [0, 0.05) is 53.1 Å². The van der Waals surface area contributed by atoms with Gasteiger partial charge in [-0.25, -0.2) is 0 Å². The van der Waals surface area contributed by atoms with E-state index in [4.69, 9.17) is 0 Å². The van der Waals surface area contributed by atoms with E-state index in [2.05, 4.69) is 261 Å². The van der Waals surface area contributed by atoms with Crippen molar-refractivity contribution in [1.82, 2.24) is 0 Å². The van der Waals surface area contributed by atoms with Crippen molar-refractivity contribution < 1.29 is 0 Å². The molecule has 2 nitrogen and oxygen atoms in total. The second-order valence-corrected chi connectivity index (χ2v) is 24.6. The molecule has 2 aromatic heterocycles. The standard InChI is InChI=1S/C68H62N2S2/c1-41(2)43-25-29-45(30-26-43)69(59-21-15-19-51-47-17-11-13-23-61(47)71-65(51)59)57-39-37-55(67(5,6)7)63-49-34-36-54-58(40-38-56(68(8,9)10)64(54)50(49)33-35-53(57)63)70(46-31-27-44(28-32-46)42(3)4)60-22-16-20-52-48-18-12-14-24-62(48)72-66(52)60/h11-42H,1-10H3. The fraction of sp³-hybridized carbons (Fsp3) is 0.206. The predicted molar refractivity (Wildman–Crippen MR) is 320 cm³/mol. The van der Waals surface area contributed by atoms with Gasteiger partial charge in [0.25, 0.3) is 0 Å². The summed E-state index contributed by atoms with van der Waals surface area (Å²) in [6, 6.07) is 69.5. The van der Waals surface area contributed by atoms with E-state index in [1.165, 1.54) is 118 Å². The maximum absolute atomic E-state index is 2.54. The van der Waals surface area contributed by atoms with E-state index in [-0.39, 0.29) is 10.8 Å². The van der Waals surface area contributed by atoms with Crippen molar-refractivity contribution >= 4 is 129 Å². The number of fused-ring (bicyclic) bond motifs is 11. The van der Waals surface area contributed by atoms with Crippen LogP contribution in [0.3, 0.4) is 0 Å². The third kappa shape index (κ3) is 7.56. The first-order valence-electron chi connectivity index (χ1n) is 25.7. The molecule has 12 aromatic rings. The Balaban J connectivity index is 1.16. The van der Waals surface area contributed by atoms with E-state index in [1.54, 1.807) is 0 Å². The molecule has 0 saturated carbocycles. The van der Waals surface area contributed by atoms with Crippen molar-refractivity contribution in [2.45, 2.75) is 91.9 Å². The number of thiophene rings is 2. The number of hydrogen-bond donors (Lipinski definition) is 0. The van der Waals surface area contributed by atoms with Crippen LogP contribution in [0.4, 0.5) is 34.1 Å². The molecule has 356 valence electrons. The second kappa shape index (κ2) is 17.4. The summed E-state index contributed by atoms with van der Waals surface area (Å²) >= 11 is 3.79. The molecule has 0 aliphatic rings. The summed E-state index contributed by atoms with van der Waals surface area (Å²) in [6.07, 6.45) is 0. The monoisotopic (exact) mass is 970 g/mol. The van der Waals surface area contributed by atoms with Gasteiger partial charge in [0.1, 0.15) is 0 Å². The Bertz CT molecular complexity index is 3790. The van der Waals surface area contributed by atoms with Gasteiger partial charge in [-0.2, -0.15) is 0 Å². The molecule has 0 saturated heterocycles. The van der Waals surface area contributed by atoms with Gasteiger partial charge in [-0.15, -0.1) is 22.7 Å². The molecule has 0 aliphatic heterocycles. The third-order valence-corrected chi connectivity index (χ3v) is 17.5. The molecule has 72 heavy (non-hydrogen) atoms. The van der Waals surface area contributed by atoms with Crippen molar-refractivity contribution in [1.29, 1.82) is 0 Å². The summed E-state index contributed by atoms with van der Waals surface area (Å²) in [6.45, 7) is 23.3. The first-order chi connectivity index (χ1) is 34.7. The van der Waals surface area contributed by atoms with Gasteiger partial charge in [-0.1, -0.05) is 191 Å². The Labute approximate surface area is 432 Å². The van der Waals surface area contributed by atoms with Crippen molar-refractivity contribution in [3.05, 3.63) is 204 Å². The maximum atomic E-state index is 2.54. The highest BCUT2D eigenvalue weighted by molar-refractivity contribution is 7.26. The number of benzene rings is 10. The van der Waals surface area contributed by atoms with Crippen LogP contribution in [0.5, 0.6) is 0 Å². The Hall–Kier alpha value is -6.98. The van der Waals surface area contributed by atoms with Gasteiger partial charge >= 0.3 is 0 Å². The van der Waals surface area contributed by atoms with Gasteiger partial charge < -0.3 is 9.80 Å². The zero-order valence-electron chi connectivity index (χ0n) is 43.2. The molecular weight excluding hydrogens is 909 g/mol. The minimum absolute atomic E-state index is 0.133. The SMILES string of the molecule is CC(C)c1ccc(N(c2ccc(C(C)(C)C)c3c2ccc2c3ccc3c(N(c4ccc(C(C)C)cc4)c4cccc5c4sc4ccccc45)ccc(C(C)(C)C)c32)c2cccc3c2sc2ccccc23)cc1. The molecule has 0 aliphatic carbocycles. The second-order valence-electron chi connectivity index (χ2n) is 22.5. The lowest BCUT2D eigenvalue weighted by atomic mass is 9.79. The van der Waals surface area contributed by atoms with Gasteiger partial charge in [-0.05, 0) is 127 Å². The fourth-order valence-corrected chi connectivity index (χ4v) is 13.8. The van der Waals surface area contributed by atoms with E-state index in [9.17, 15) is 0 Å². The predicted octanol–water partition coefficient (Wildman–Crippen LogP) is 21.7. The lowest BCUT2D eigenvalue weighted by Crippen LogP contribution is -2.16. The van der Waals surface area contributed by atoms with Crippen LogP contribution < -0.4 is 9.80 Å². The summed E-state index contributed by atoms with van der Waals surface area (Å²) in [4.78, 5) is 5.08. The van der Waals surface area contributed by atoms with Crippen LogP contribution in [0.25, 0.3) is 72.7 Å². The highest BCUT2D eigenvalue weighted by atomic mass is 32.1. The molecule has 0 amide bonds. The lowest BCUT2D eigenvalue weighted by molar-refractivity contribution is 0.595. The van der Waals surface area contributed by atoms with Crippen LogP contribution in [0, 0.1) is 0 Å². The van der Waals surface area contributed by atoms with Gasteiger partial charge in [0.2, 0.25) is 0 Å². The van der Waals surface area contributed by atoms with Crippen LogP contribution in [0.2, 0.25) is 0 Å². The summed E-state index contributed by atoms with van der Waals surface area (Å²) in [7, 11) is 0. The fourth-order valence-electron chi connectivity index (χ4n) is 11.4. The normalized spacial score (nSPS) is 12.6. The Morgan fingerprint density at radius 3 is 1.06 bits per heavy atom. The lowest BCUT2D eigenvalue weighted by Gasteiger charge is -2.32. The molecule has 0 spiro atoms. The zero-order valence-corrected chi connectivity index (χ0v) is 44.8. The molecule has 0 fully saturated rings. The van der Waals surface area contributed by atoms with Gasteiger partial charge in [0.15, 0.2) is 0 Å². The first kappa shape index (κ1) is 46.1. The highest BCUT2D eigenvalue weighted by Gasteiger charge is 2.29. The third-order valence-electron chi connectivity index (χ3n) is 15.1. The van der Waals surface area contributed by atoms with Gasteiger partial charge in [-0.3, -0.25) is 0 Å². The smallest absolute Gasteiger partial charge is 0.0640 e. The maximum Gasteiger partial charge on any atom is 0.0640 e. The van der Waals surface area contributed by atoms with Crippen LogP contribution in [-0.4, -0.2) is 0 Å². The largest absolute Gasteiger partial charge is 0.308 e. The Morgan fingerprint density at radius 2 is 0.681 bits per heavy atom. The molecule has 10 aromatic carbocycles. The number of hydrogen-bond acceptors (Lipinski definition) is 4. The van der Waals surface area contributed by atoms with E-state index in [1.807, 2.05) is 22.7 Å². The van der Waals surface area contributed by atoms with Crippen LogP contribution >= 0.6 is 22.7 Å². The van der Waals surface area contributed by atoms with Crippen LogP contribution in [0.15, 0.2) is 182 Å². The Kier molecular flexibility index (Phi) is 11.1. The van der Waals surface area contributed by atoms with E-state index >= 15 is 0 Å². The molecule has 0 unspecified atom stereocenters. The van der Waals surface area contributed by atoms with Crippen molar-refractivity contribution in [3.63, 3.8) is 0 Å². The number of rotatable bonds is 8. The number of nitrogens with zero attached hydrogens (tertiary/aromatic N) is 2. The molecule has 2 heterocycles. The average molecular weight is 971 g/mol. The summed E-state index contributed by atoms with van der Waals surface area (Å²) in [5.74, 6) is 0.874. The molecular formula is C68H62N2S2. The van der Waals surface area contributed by atoms with E-state index in [0.717, 1.165) is 11.4 Å². The van der Waals surface area contributed by atoms with Crippen LogP contribution in [-0.2, 0) is 10.8 Å². The molecule has 0 bridgehead atoms. The van der Waals surface area contributed by atoms with Crippen molar-refractivity contribution in [3.8, 4) is 0 Å². The van der Waals surface area contributed by atoms with E-state index < -0.39 is 0 Å². The summed E-state index contributed by atoms with van der Waals surface area (Å²) in [5, 5.41) is 12.9. The summed E-state index contributed by atoms with van der Waals surface area (Å²) in [5.41, 5.74) is 12.2.